The third-order valence-electron chi connectivity index (χ3n) is 1.92. The minimum Gasteiger partial charge on any atom is -0.481 e. The Labute approximate surface area is 111 Å². The van der Waals surface area contributed by atoms with Crippen molar-refractivity contribution in [1.82, 2.24) is 4.98 Å². The molecule has 1 rings (SSSR count). The zero-order chi connectivity index (χ0) is 14.1. The van der Waals surface area contributed by atoms with E-state index in [4.69, 9.17) is 5.11 Å². The first-order valence-electron chi connectivity index (χ1n) is 4.39. The zero-order valence-electron chi connectivity index (χ0n) is 8.43. The Hall–Kier alpha value is -1.00. The fourth-order valence-corrected chi connectivity index (χ4v) is 2.10. The number of carboxylic acids is 1. The third-order valence-corrected chi connectivity index (χ3v) is 2.74. The van der Waals surface area contributed by atoms with Crippen LogP contribution < -0.4 is 0 Å². The van der Waals surface area contributed by atoms with Gasteiger partial charge < -0.3 is 5.11 Å². The summed E-state index contributed by atoms with van der Waals surface area (Å²) in [6.07, 6.45) is -9.08. The third kappa shape index (κ3) is 3.50. The van der Waals surface area contributed by atoms with Crippen LogP contribution in [0.4, 0.5) is 22.0 Å². The molecule has 0 fully saturated rings. The molecule has 0 radical (unpaired) electrons. The van der Waals surface area contributed by atoms with Crippen LogP contribution in [0, 0.1) is 3.70 Å². The van der Waals surface area contributed by atoms with E-state index in [-0.39, 0.29) is 0 Å². The number of aromatic nitrogens is 1. The molecule has 0 bridgehead atoms. The van der Waals surface area contributed by atoms with Gasteiger partial charge >= 0.3 is 12.1 Å². The van der Waals surface area contributed by atoms with Crippen molar-refractivity contribution in [3.63, 3.8) is 0 Å². The Bertz CT molecular complexity index is 475. The van der Waals surface area contributed by atoms with Crippen molar-refractivity contribution in [2.45, 2.75) is 19.0 Å². The second-order valence-electron chi connectivity index (χ2n) is 3.23. The molecule has 0 unspecified atom stereocenters. The Balaban J connectivity index is 3.42. The van der Waals surface area contributed by atoms with Crippen molar-refractivity contribution in [2.75, 3.05) is 0 Å². The quantitative estimate of drug-likeness (QED) is 0.497. The smallest absolute Gasteiger partial charge is 0.417 e. The van der Waals surface area contributed by atoms with E-state index in [1.165, 1.54) is 22.6 Å². The maximum absolute atomic E-state index is 12.6. The van der Waals surface area contributed by atoms with E-state index in [0.717, 1.165) is 0 Å². The summed E-state index contributed by atoms with van der Waals surface area (Å²) in [7, 11) is 0. The van der Waals surface area contributed by atoms with Crippen LogP contribution in [0.1, 0.15) is 23.2 Å². The maximum atomic E-state index is 12.6. The van der Waals surface area contributed by atoms with E-state index in [9.17, 15) is 26.7 Å². The first kappa shape index (κ1) is 15.1. The molecular weight excluding hydrogens is 376 g/mol. The Kier molecular flexibility index (Phi) is 4.46. The molecule has 100 valence electrons. The van der Waals surface area contributed by atoms with Crippen LogP contribution in [-0.4, -0.2) is 16.1 Å². The van der Waals surface area contributed by atoms with E-state index < -0.39 is 45.5 Å². The molecule has 0 aliphatic heterocycles. The molecule has 1 aromatic rings. The number of carboxylic acid groups (broad SMARTS) is 1. The number of alkyl halides is 5. The highest BCUT2D eigenvalue weighted by Gasteiger charge is 2.38. The highest BCUT2D eigenvalue weighted by molar-refractivity contribution is 14.1. The number of halogens is 6. The lowest BCUT2D eigenvalue weighted by Crippen LogP contribution is -2.15. The standard InChI is InChI=1S/C9H5F5INO2/c10-7(11)6-4(9(12,13)14)1-3(2-5(17)18)16-8(6)15/h1,7H,2H2,(H,17,18). The number of hydrogen-bond donors (Lipinski definition) is 1. The topological polar surface area (TPSA) is 50.2 Å². The number of nitrogens with zero attached hydrogens (tertiary/aromatic N) is 1. The fraction of sp³-hybridized carbons (Fsp3) is 0.333. The van der Waals surface area contributed by atoms with Crippen molar-refractivity contribution < 1.29 is 31.9 Å². The summed E-state index contributed by atoms with van der Waals surface area (Å²) in [5.41, 5.74) is -3.19. The zero-order valence-corrected chi connectivity index (χ0v) is 10.6. The molecular formula is C9H5F5INO2. The molecule has 0 aromatic carbocycles. The number of hydrogen-bond acceptors (Lipinski definition) is 2. The highest BCUT2D eigenvalue weighted by Crippen LogP contribution is 2.38. The van der Waals surface area contributed by atoms with Gasteiger partial charge in [0.2, 0.25) is 0 Å². The van der Waals surface area contributed by atoms with Crippen LogP contribution in [0.15, 0.2) is 6.07 Å². The molecule has 3 nitrogen and oxygen atoms in total. The van der Waals surface area contributed by atoms with Crippen LogP contribution in [0.3, 0.4) is 0 Å². The van der Waals surface area contributed by atoms with Gasteiger partial charge in [0.05, 0.1) is 23.2 Å². The van der Waals surface area contributed by atoms with E-state index in [1.54, 1.807) is 0 Å². The maximum Gasteiger partial charge on any atom is 0.417 e. The van der Waals surface area contributed by atoms with Gasteiger partial charge in [0.1, 0.15) is 3.70 Å². The van der Waals surface area contributed by atoms with Gasteiger partial charge in [-0.15, -0.1) is 0 Å². The van der Waals surface area contributed by atoms with Crippen molar-refractivity contribution >= 4 is 28.6 Å². The second-order valence-corrected chi connectivity index (χ2v) is 4.26. The summed E-state index contributed by atoms with van der Waals surface area (Å²) in [4.78, 5) is 13.8. The van der Waals surface area contributed by atoms with Crippen molar-refractivity contribution in [3.8, 4) is 0 Å². The lowest BCUT2D eigenvalue weighted by atomic mass is 10.1. The number of aliphatic carboxylic acids is 1. The summed E-state index contributed by atoms with van der Waals surface area (Å²) in [5, 5.41) is 8.46. The highest BCUT2D eigenvalue weighted by atomic mass is 127. The molecule has 0 spiro atoms. The molecule has 1 aromatic heterocycles. The molecule has 9 heteroatoms. The Morgan fingerprint density at radius 1 is 1.44 bits per heavy atom. The van der Waals surface area contributed by atoms with Gasteiger partial charge in [0, 0.05) is 0 Å². The summed E-state index contributed by atoms with van der Waals surface area (Å²) in [6, 6.07) is 0.345. The SMILES string of the molecule is O=C(O)Cc1cc(C(F)(F)F)c(C(F)F)c(I)n1. The first-order valence-corrected chi connectivity index (χ1v) is 5.47. The van der Waals surface area contributed by atoms with Crippen LogP contribution >= 0.6 is 22.6 Å². The minimum absolute atomic E-state index is 0.345. The summed E-state index contributed by atoms with van der Waals surface area (Å²) < 4.78 is 62.3. The molecule has 0 saturated carbocycles. The lowest BCUT2D eigenvalue weighted by Gasteiger charge is -2.14. The fourth-order valence-electron chi connectivity index (χ4n) is 1.26. The average Bonchev–Trinajstić information content (AvgIpc) is 2.12. The first-order chi connectivity index (χ1) is 8.12. The molecule has 0 saturated heterocycles. The average molecular weight is 381 g/mol. The van der Waals surface area contributed by atoms with Gasteiger partial charge in [0.15, 0.2) is 0 Å². The molecule has 0 atom stereocenters. The lowest BCUT2D eigenvalue weighted by molar-refractivity contribution is -0.140. The number of rotatable bonds is 3. The molecule has 1 heterocycles. The van der Waals surface area contributed by atoms with Crippen LogP contribution in [-0.2, 0) is 17.4 Å². The van der Waals surface area contributed by atoms with E-state index in [0.29, 0.717) is 6.07 Å². The van der Waals surface area contributed by atoms with Crippen LogP contribution in [0.5, 0.6) is 0 Å². The number of carbonyl (C=O) groups is 1. The van der Waals surface area contributed by atoms with Gasteiger partial charge in [-0.3, -0.25) is 4.79 Å². The largest absolute Gasteiger partial charge is 0.481 e. The van der Waals surface area contributed by atoms with Crippen molar-refractivity contribution in [3.05, 3.63) is 26.6 Å². The van der Waals surface area contributed by atoms with Gasteiger partial charge in [-0.2, -0.15) is 13.2 Å². The molecule has 0 amide bonds. The predicted molar refractivity (Wildman–Crippen MR) is 58.3 cm³/mol. The van der Waals surface area contributed by atoms with Gasteiger partial charge in [0.25, 0.3) is 6.43 Å². The molecule has 0 aliphatic carbocycles. The summed E-state index contributed by atoms with van der Waals surface area (Å²) in [5.74, 6) is -1.39. The Morgan fingerprint density at radius 3 is 2.39 bits per heavy atom. The Morgan fingerprint density at radius 2 is 2.00 bits per heavy atom. The minimum atomic E-state index is -4.98. The molecule has 1 N–H and O–H groups in total. The van der Waals surface area contributed by atoms with Crippen molar-refractivity contribution in [1.29, 1.82) is 0 Å². The normalized spacial score (nSPS) is 11.9. The van der Waals surface area contributed by atoms with E-state index in [2.05, 4.69) is 4.98 Å². The number of pyridine rings is 1. The van der Waals surface area contributed by atoms with Gasteiger partial charge in [-0.1, -0.05) is 0 Å². The summed E-state index contributed by atoms with van der Waals surface area (Å²) >= 11 is 1.23. The molecule has 0 aliphatic rings. The van der Waals surface area contributed by atoms with E-state index >= 15 is 0 Å². The predicted octanol–water partition coefficient (Wildman–Crippen LogP) is 3.27. The molecule has 18 heavy (non-hydrogen) atoms. The van der Waals surface area contributed by atoms with Crippen LogP contribution in [0.25, 0.3) is 0 Å². The summed E-state index contributed by atoms with van der Waals surface area (Å²) in [6.45, 7) is 0. The van der Waals surface area contributed by atoms with Gasteiger partial charge in [-0.25, -0.2) is 13.8 Å². The van der Waals surface area contributed by atoms with Gasteiger partial charge in [-0.05, 0) is 28.7 Å². The monoisotopic (exact) mass is 381 g/mol. The van der Waals surface area contributed by atoms with Crippen LogP contribution in [0.2, 0.25) is 0 Å². The second kappa shape index (κ2) is 5.33. The van der Waals surface area contributed by atoms with E-state index in [1.807, 2.05) is 0 Å². The van der Waals surface area contributed by atoms with Crippen molar-refractivity contribution in [2.24, 2.45) is 0 Å².